The average Bonchev–Trinajstić information content (AvgIpc) is 2.44. The molecule has 6 heteroatoms. The molecule has 0 radical (unpaired) electrons. The van der Waals surface area contributed by atoms with Gasteiger partial charge >= 0.3 is 6.03 Å². The lowest BCUT2D eigenvalue weighted by Gasteiger charge is -2.59. The smallest absolute Gasteiger partial charge is 0.323 e. The Hall–Kier alpha value is -1.85. The molecule has 1 aromatic rings. The molecule has 2 aliphatic rings. The van der Waals surface area contributed by atoms with Crippen LogP contribution in [0.25, 0.3) is 0 Å². The number of hydrogen-bond acceptors (Lipinski definition) is 4. The summed E-state index contributed by atoms with van der Waals surface area (Å²) in [7, 11) is 1.53. The van der Waals surface area contributed by atoms with E-state index < -0.39 is 0 Å². The van der Waals surface area contributed by atoms with Crippen molar-refractivity contribution in [2.45, 2.75) is 38.1 Å². The molecular weight excluding hydrogens is 256 g/mol. The molecule has 1 saturated heterocycles. The molecule has 2 fully saturated rings. The maximum atomic E-state index is 12.4. The summed E-state index contributed by atoms with van der Waals surface area (Å²) in [4.78, 5) is 22.4. The van der Waals surface area contributed by atoms with Crippen LogP contribution in [-0.4, -0.2) is 40.1 Å². The van der Waals surface area contributed by atoms with E-state index in [2.05, 4.69) is 22.2 Å². The number of urea groups is 1. The van der Waals surface area contributed by atoms with Crippen molar-refractivity contribution in [3.8, 4) is 5.88 Å². The monoisotopic (exact) mass is 276 g/mol. The largest absolute Gasteiger partial charge is 0.480 e. The van der Waals surface area contributed by atoms with E-state index in [1.807, 2.05) is 4.90 Å². The van der Waals surface area contributed by atoms with Crippen LogP contribution in [0.15, 0.2) is 12.4 Å². The van der Waals surface area contributed by atoms with Crippen molar-refractivity contribution >= 4 is 11.8 Å². The van der Waals surface area contributed by atoms with E-state index in [0.717, 1.165) is 13.0 Å². The average molecular weight is 276 g/mol. The fraction of sp³-hybridized carbons (Fsp3) is 0.643. The molecule has 2 atom stereocenters. The summed E-state index contributed by atoms with van der Waals surface area (Å²) >= 11 is 0. The third-order valence-corrected chi connectivity index (χ3v) is 4.69. The van der Waals surface area contributed by atoms with E-state index >= 15 is 0 Å². The summed E-state index contributed by atoms with van der Waals surface area (Å²) in [5, 5.41) is 2.81. The van der Waals surface area contributed by atoms with Gasteiger partial charge in [0.1, 0.15) is 0 Å². The number of nitrogens with one attached hydrogen (secondary N) is 1. The number of nitrogens with zero attached hydrogens (tertiary/aromatic N) is 3. The van der Waals surface area contributed by atoms with Crippen molar-refractivity contribution in [1.29, 1.82) is 0 Å². The summed E-state index contributed by atoms with van der Waals surface area (Å²) in [5.74, 6) is 1.48. The highest BCUT2D eigenvalue weighted by Gasteiger charge is 2.52. The first-order valence-electron chi connectivity index (χ1n) is 7.08. The van der Waals surface area contributed by atoms with Gasteiger partial charge in [-0.1, -0.05) is 12.8 Å². The summed E-state index contributed by atoms with van der Waals surface area (Å²) in [6, 6.07) is -0.0896. The molecule has 0 aromatic carbocycles. The predicted octanol–water partition coefficient (Wildman–Crippen LogP) is 2.28. The van der Waals surface area contributed by atoms with Gasteiger partial charge < -0.3 is 9.64 Å². The fourth-order valence-electron chi connectivity index (χ4n) is 3.35. The van der Waals surface area contributed by atoms with Crippen molar-refractivity contribution < 1.29 is 9.53 Å². The van der Waals surface area contributed by atoms with Crippen LogP contribution < -0.4 is 10.1 Å². The van der Waals surface area contributed by atoms with Gasteiger partial charge in [-0.3, -0.25) is 10.3 Å². The first kappa shape index (κ1) is 13.1. The molecule has 2 heterocycles. The topological polar surface area (TPSA) is 67.3 Å². The fourth-order valence-corrected chi connectivity index (χ4v) is 3.35. The molecule has 6 nitrogen and oxygen atoms in total. The zero-order chi connectivity index (χ0) is 14.2. The van der Waals surface area contributed by atoms with E-state index in [0.29, 0.717) is 17.6 Å². The first-order chi connectivity index (χ1) is 9.63. The number of methoxy groups -OCH3 is 1. The summed E-state index contributed by atoms with van der Waals surface area (Å²) in [6.07, 6.45) is 7.86. The molecule has 1 aliphatic heterocycles. The quantitative estimate of drug-likeness (QED) is 0.900. The molecule has 0 spiro atoms. The Kier molecular flexibility index (Phi) is 3.23. The second-order valence-electron chi connectivity index (χ2n) is 5.79. The molecule has 108 valence electrons. The van der Waals surface area contributed by atoms with Crippen molar-refractivity contribution in [3.05, 3.63) is 12.4 Å². The van der Waals surface area contributed by atoms with Gasteiger partial charge in [0.25, 0.3) is 0 Å². The van der Waals surface area contributed by atoms with Crippen LogP contribution >= 0.6 is 0 Å². The van der Waals surface area contributed by atoms with Gasteiger partial charge in [0.15, 0.2) is 5.82 Å². The zero-order valence-electron chi connectivity index (χ0n) is 11.9. The molecule has 1 saturated carbocycles. The molecular formula is C14H20N4O2. The third-order valence-electron chi connectivity index (χ3n) is 4.69. The molecule has 1 N–H and O–H groups in total. The molecule has 20 heavy (non-hydrogen) atoms. The van der Waals surface area contributed by atoms with Gasteiger partial charge in [0, 0.05) is 12.1 Å². The number of aromatic nitrogens is 2. The van der Waals surface area contributed by atoms with Crippen molar-refractivity contribution in [2.75, 3.05) is 19.0 Å². The van der Waals surface area contributed by atoms with E-state index in [4.69, 9.17) is 4.74 Å². The number of anilines is 1. The maximum Gasteiger partial charge on any atom is 0.323 e. The van der Waals surface area contributed by atoms with Crippen LogP contribution in [0.4, 0.5) is 10.6 Å². The van der Waals surface area contributed by atoms with E-state index in [9.17, 15) is 4.79 Å². The number of rotatable bonds is 2. The molecule has 0 unspecified atom stereocenters. The lowest BCUT2D eigenvalue weighted by atomic mass is 9.66. The normalized spacial score (nSPS) is 28.3. The Morgan fingerprint density at radius 3 is 3.10 bits per heavy atom. The van der Waals surface area contributed by atoms with Gasteiger partial charge in [0.2, 0.25) is 5.88 Å². The zero-order valence-corrected chi connectivity index (χ0v) is 11.9. The Morgan fingerprint density at radius 2 is 2.35 bits per heavy atom. The number of likely N-dealkylation sites (tertiary alicyclic amines) is 1. The van der Waals surface area contributed by atoms with Gasteiger partial charge in [-0.25, -0.2) is 4.79 Å². The number of amides is 2. The Morgan fingerprint density at radius 1 is 1.50 bits per heavy atom. The van der Waals surface area contributed by atoms with Crippen LogP contribution in [-0.2, 0) is 0 Å². The van der Waals surface area contributed by atoms with E-state index in [1.165, 1.54) is 38.8 Å². The summed E-state index contributed by atoms with van der Waals surface area (Å²) in [5.41, 5.74) is 0.0224. The van der Waals surface area contributed by atoms with Crippen LogP contribution in [0.3, 0.4) is 0 Å². The van der Waals surface area contributed by atoms with E-state index in [1.54, 1.807) is 0 Å². The van der Waals surface area contributed by atoms with Crippen LogP contribution in [0, 0.1) is 5.92 Å². The van der Waals surface area contributed by atoms with Crippen LogP contribution in [0.1, 0.15) is 32.6 Å². The van der Waals surface area contributed by atoms with Gasteiger partial charge in [-0.05, 0) is 25.7 Å². The first-order valence-corrected chi connectivity index (χ1v) is 7.08. The molecule has 3 rings (SSSR count). The number of carbonyl (C=O) groups excluding carboxylic acids is 1. The highest BCUT2D eigenvalue weighted by atomic mass is 16.5. The number of hydrogen-bond donors (Lipinski definition) is 1. The standard InChI is InChI=1S/C14H20N4O2/c1-14-6-4-3-5-10(14)9-18(14)13(19)17-11-7-15-8-12(16-11)20-2/h7-8,10H,3-6,9H2,1-2H3,(H,16,17,19)/t10-,14-/m0/s1. The highest BCUT2D eigenvalue weighted by molar-refractivity contribution is 5.89. The molecule has 1 aromatic heterocycles. The third kappa shape index (κ3) is 2.09. The molecule has 2 amide bonds. The van der Waals surface area contributed by atoms with Crippen molar-refractivity contribution in [3.63, 3.8) is 0 Å². The van der Waals surface area contributed by atoms with Gasteiger partial charge in [-0.15, -0.1) is 0 Å². The molecule has 1 aliphatic carbocycles. The minimum Gasteiger partial charge on any atom is -0.480 e. The Labute approximate surface area is 118 Å². The highest BCUT2D eigenvalue weighted by Crippen LogP contribution is 2.46. The second kappa shape index (κ2) is 4.92. The SMILES string of the molecule is COc1cncc(NC(=O)N2C[C@@H]3CCCC[C@@]32C)n1. The second-order valence-corrected chi connectivity index (χ2v) is 5.79. The summed E-state index contributed by atoms with van der Waals surface area (Å²) < 4.78 is 5.00. The lowest BCUT2D eigenvalue weighted by Crippen LogP contribution is -2.69. The minimum absolute atomic E-state index is 0.0224. The number of fused-ring (bicyclic) bond motifs is 1. The molecule has 0 bridgehead atoms. The minimum atomic E-state index is -0.0896. The lowest BCUT2D eigenvalue weighted by molar-refractivity contribution is -0.0560. The van der Waals surface area contributed by atoms with Crippen LogP contribution in [0.2, 0.25) is 0 Å². The van der Waals surface area contributed by atoms with Crippen molar-refractivity contribution in [2.24, 2.45) is 5.92 Å². The number of carbonyl (C=O) groups is 1. The Bertz CT molecular complexity index is 522. The summed E-state index contributed by atoms with van der Waals surface area (Å²) in [6.45, 7) is 3.04. The van der Waals surface area contributed by atoms with Crippen molar-refractivity contribution in [1.82, 2.24) is 14.9 Å². The Balaban J connectivity index is 1.68. The van der Waals surface area contributed by atoms with Gasteiger partial charge in [-0.2, -0.15) is 4.98 Å². The van der Waals surface area contributed by atoms with Gasteiger partial charge in [0.05, 0.1) is 19.5 Å². The van der Waals surface area contributed by atoms with Crippen LogP contribution in [0.5, 0.6) is 5.88 Å². The number of ether oxygens (including phenoxy) is 1. The van der Waals surface area contributed by atoms with E-state index in [-0.39, 0.29) is 11.6 Å². The predicted molar refractivity (Wildman–Crippen MR) is 74.7 cm³/mol. The maximum absolute atomic E-state index is 12.4.